The molecule has 0 heterocycles. The van der Waals surface area contributed by atoms with Crippen molar-refractivity contribution in [1.82, 2.24) is 10.0 Å². The van der Waals surface area contributed by atoms with Crippen molar-refractivity contribution in [3.63, 3.8) is 0 Å². The van der Waals surface area contributed by atoms with Crippen molar-refractivity contribution in [2.24, 2.45) is 0 Å². The summed E-state index contributed by atoms with van der Waals surface area (Å²) in [5, 5.41) is 2.68. The summed E-state index contributed by atoms with van der Waals surface area (Å²) in [6.45, 7) is 0.0574. The number of aryl methyl sites for hydroxylation is 1. The molecule has 0 aliphatic heterocycles. The number of benzene rings is 2. The fraction of sp³-hybridized carbons (Fsp3) is 0.278. The minimum absolute atomic E-state index is 0.0528. The van der Waals surface area contributed by atoms with Crippen LogP contribution in [0, 0.1) is 0 Å². The van der Waals surface area contributed by atoms with E-state index in [1.165, 1.54) is 0 Å². The molecule has 7 heteroatoms. The smallest absolute Gasteiger partial charge is 0.235 e. The maximum absolute atomic E-state index is 11.9. The minimum atomic E-state index is -3.49. The van der Waals surface area contributed by atoms with E-state index in [4.69, 9.17) is 4.74 Å². The molecule has 0 saturated carbocycles. The molecule has 2 N–H and O–H groups in total. The zero-order chi connectivity index (χ0) is 18.1. The van der Waals surface area contributed by atoms with Gasteiger partial charge in [-0.1, -0.05) is 42.5 Å². The van der Waals surface area contributed by atoms with Crippen LogP contribution in [0.5, 0.6) is 5.75 Å². The highest BCUT2D eigenvalue weighted by Crippen LogP contribution is 2.10. The molecule has 6 nitrogen and oxygen atoms in total. The summed E-state index contributed by atoms with van der Waals surface area (Å²) in [5.74, 6) is 0.309. The molecule has 0 aromatic heterocycles. The van der Waals surface area contributed by atoms with Crippen molar-refractivity contribution in [1.29, 1.82) is 0 Å². The van der Waals surface area contributed by atoms with Gasteiger partial charge in [0.15, 0.2) is 0 Å². The number of sulfonamides is 1. The molecule has 0 unspecified atom stereocenters. The van der Waals surface area contributed by atoms with Gasteiger partial charge in [-0.3, -0.25) is 4.79 Å². The van der Waals surface area contributed by atoms with Crippen molar-refractivity contribution in [3.05, 3.63) is 65.7 Å². The molecule has 2 aromatic carbocycles. The van der Waals surface area contributed by atoms with Gasteiger partial charge < -0.3 is 10.1 Å². The lowest BCUT2D eigenvalue weighted by atomic mass is 10.2. The fourth-order valence-electron chi connectivity index (χ4n) is 2.15. The molecule has 0 fully saturated rings. The van der Waals surface area contributed by atoms with Gasteiger partial charge in [0.2, 0.25) is 15.9 Å². The van der Waals surface area contributed by atoms with E-state index in [1.807, 2.05) is 42.5 Å². The van der Waals surface area contributed by atoms with Crippen LogP contribution in [0.4, 0.5) is 0 Å². The molecule has 0 spiro atoms. The van der Waals surface area contributed by atoms with Gasteiger partial charge in [0, 0.05) is 6.54 Å². The Bertz CT molecular complexity index is 774. The highest BCUT2D eigenvalue weighted by molar-refractivity contribution is 7.89. The van der Waals surface area contributed by atoms with Crippen LogP contribution in [0.15, 0.2) is 54.6 Å². The van der Waals surface area contributed by atoms with Gasteiger partial charge in [-0.25, -0.2) is 13.1 Å². The third-order valence-corrected chi connectivity index (χ3v) is 4.93. The Kier molecular flexibility index (Phi) is 6.97. The molecular formula is C18H22N2O4S. The lowest BCUT2D eigenvalue weighted by Crippen LogP contribution is -2.37. The molecule has 2 rings (SSSR count). The molecule has 0 aliphatic rings. The third kappa shape index (κ3) is 6.94. The summed E-state index contributed by atoms with van der Waals surface area (Å²) in [7, 11) is -1.91. The monoisotopic (exact) mass is 362 g/mol. The van der Waals surface area contributed by atoms with Crippen LogP contribution in [-0.2, 0) is 27.8 Å². The number of rotatable bonds is 9. The van der Waals surface area contributed by atoms with Crippen LogP contribution in [-0.4, -0.2) is 33.7 Å². The second kappa shape index (κ2) is 9.19. The molecule has 2 aromatic rings. The molecule has 0 radical (unpaired) electrons. The van der Waals surface area contributed by atoms with Gasteiger partial charge in [0.1, 0.15) is 5.75 Å². The summed E-state index contributed by atoms with van der Waals surface area (Å²) < 4.78 is 31.3. The molecule has 0 atom stereocenters. The Hall–Kier alpha value is -2.38. The van der Waals surface area contributed by atoms with E-state index in [9.17, 15) is 13.2 Å². The molecule has 0 aliphatic carbocycles. The highest BCUT2D eigenvalue weighted by Gasteiger charge is 2.12. The number of ether oxygens (including phenoxy) is 1. The maximum Gasteiger partial charge on any atom is 0.235 e. The number of hydrogen-bond donors (Lipinski definition) is 2. The van der Waals surface area contributed by atoms with Crippen molar-refractivity contribution in [2.75, 3.05) is 19.4 Å². The summed E-state index contributed by atoms with van der Waals surface area (Å²) in [6.07, 6.45) is 0.406. The molecule has 1 amide bonds. The number of carbonyl (C=O) groups is 1. The van der Waals surface area contributed by atoms with E-state index in [-0.39, 0.29) is 18.2 Å². The van der Waals surface area contributed by atoms with Crippen molar-refractivity contribution in [3.8, 4) is 5.75 Å². The van der Waals surface area contributed by atoms with Crippen LogP contribution in [0.1, 0.15) is 11.1 Å². The van der Waals surface area contributed by atoms with E-state index in [2.05, 4.69) is 10.0 Å². The Labute approximate surface area is 148 Å². The topological polar surface area (TPSA) is 84.5 Å². The predicted octanol–water partition coefficient (Wildman–Crippen LogP) is 1.47. The lowest BCUT2D eigenvalue weighted by molar-refractivity contribution is -0.120. The second-order valence-electron chi connectivity index (χ2n) is 5.50. The number of amides is 1. The molecular weight excluding hydrogens is 340 g/mol. The van der Waals surface area contributed by atoms with Gasteiger partial charge in [-0.15, -0.1) is 0 Å². The Morgan fingerprint density at radius 1 is 1.00 bits per heavy atom. The number of hydrogen-bond acceptors (Lipinski definition) is 4. The van der Waals surface area contributed by atoms with Crippen LogP contribution in [0.3, 0.4) is 0 Å². The second-order valence-corrected chi connectivity index (χ2v) is 7.43. The summed E-state index contributed by atoms with van der Waals surface area (Å²) in [6, 6.07) is 16.6. The standard InChI is InChI=1S/C18H22N2O4S/c1-24-17-9-7-16(8-10-17)13-19-18(21)14-20-25(22,23)12-11-15-5-3-2-4-6-15/h2-10,20H,11-14H2,1H3,(H,19,21). The number of nitrogens with one attached hydrogen (secondary N) is 2. The van der Waals surface area contributed by atoms with Crippen LogP contribution < -0.4 is 14.8 Å². The highest BCUT2D eigenvalue weighted by atomic mass is 32.2. The predicted molar refractivity (Wildman–Crippen MR) is 96.8 cm³/mol. The SMILES string of the molecule is COc1ccc(CNC(=O)CNS(=O)(=O)CCc2ccccc2)cc1. The Morgan fingerprint density at radius 2 is 1.68 bits per heavy atom. The maximum atomic E-state index is 11.9. The molecule has 0 saturated heterocycles. The first kappa shape index (κ1) is 19.0. The minimum Gasteiger partial charge on any atom is -0.497 e. The van der Waals surface area contributed by atoms with Crippen LogP contribution in [0.2, 0.25) is 0 Å². The van der Waals surface area contributed by atoms with E-state index in [0.717, 1.165) is 16.9 Å². The van der Waals surface area contributed by atoms with Crippen molar-refractivity contribution >= 4 is 15.9 Å². The molecule has 134 valence electrons. The first-order valence-electron chi connectivity index (χ1n) is 7.89. The van der Waals surface area contributed by atoms with Crippen molar-refractivity contribution < 1.29 is 17.9 Å². The van der Waals surface area contributed by atoms with Gasteiger partial charge >= 0.3 is 0 Å². The summed E-state index contributed by atoms with van der Waals surface area (Å²) in [5.41, 5.74) is 1.85. The molecule has 0 bridgehead atoms. The van der Waals surface area contributed by atoms with E-state index >= 15 is 0 Å². The quantitative estimate of drug-likeness (QED) is 0.708. The van der Waals surface area contributed by atoms with Crippen LogP contribution >= 0.6 is 0 Å². The van der Waals surface area contributed by atoms with E-state index in [1.54, 1.807) is 19.2 Å². The number of carbonyl (C=O) groups excluding carboxylic acids is 1. The lowest BCUT2D eigenvalue weighted by Gasteiger charge is -2.08. The summed E-state index contributed by atoms with van der Waals surface area (Å²) in [4.78, 5) is 11.8. The fourth-order valence-corrected chi connectivity index (χ4v) is 3.15. The first-order chi connectivity index (χ1) is 12.0. The largest absolute Gasteiger partial charge is 0.497 e. The zero-order valence-corrected chi connectivity index (χ0v) is 14.9. The van der Waals surface area contributed by atoms with E-state index < -0.39 is 10.0 Å². The van der Waals surface area contributed by atoms with Crippen molar-refractivity contribution in [2.45, 2.75) is 13.0 Å². The average Bonchev–Trinajstić information content (AvgIpc) is 2.64. The third-order valence-electron chi connectivity index (χ3n) is 3.60. The molecule has 25 heavy (non-hydrogen) atoms. The van der Waals surface area contributed by atoms with Gasteiger partial charge in [0.25, 0.3) is 0 Å². The van der Waals surface area contributed by atoms with Gasteiger partial charge in [0.05, 0.1) is 19.4 Å². The summed E-state index contributed by atoms with van der Waals surface area (Å²) >= 11 is 0. The number of methoxy groups -OCH3 is 1. The zero-order valence-electron chi connectivity index (χ0n) is 14.1. The first-order valence-corrected chi connectivity index (χ1v) is 9.54. The van der Waals surface area contributed by atoms with Crippen LogP contribution in [0.25, 0.3) is 0 Å². The average molecular weight is 362 g/mol. The Balaban J connectivity index is 1.72. The Morgan fingerprint density at radius 3 is 2.32 bits per heavy atom. The van der Waals surface area contributed by atoms with E-state index in [0.29, 0.717) is 13.0 Å². The van der Waals surface area contributed by atoms with Gasteiger partial charge in [-0.05, 0) is 29.7 Å². The van der Waals surface area contributed by atoms with Gasteiger partial charge in [-0.2, -0.15) is 0 Å². The normalized spacial score (nSPS) is 11.1.